The van der Waals surface area contributed by atoms with Gasteiger partial charge in [-0.1, -0.05) is 0 Å². The van der Waals surface area contributed by atoms with Crippen LogP contribution in [0.2, 0.25) is 0 Å². The summed E-state index contributed by atoms with van der Waals surface area (Å²) in [7, 11) is -1.81. The Bertz CT molecular complexity index is 956. The summed E-state index contributed by atoms with van der Waals surface area (Å²) < 4.78 is 28.1. The van der Waals surface area contributed by atoms with Gasteiger partial charge in [-0.2, -0.15) is 4.31 Å². The SMILES string of the molecule is CN1CCN(S(=O)(=O)c2ccc(NCCc3ccc(Br)s3)c([N+](=O)[O-])c2)CC1. The van der Waals surface area contributed by atoms with Gasteiger partial charge < -0.3 is 10.2 Å². The standard InChI is InChI=1S/C17H21BrN4O4S2/c1-20-8-10-21(11-9-20)28(25,26)14-3-4-15(16(12-14)22(23)24)19-7-6-13-2-5-17(18)27-13/h2-5,12,19H,6-11H2,1H3. The highest BCUT2D eigenvalue weighted by atomic mass is 79.9. The highest BCUT2D eigenvalue weighted by molar-refractivity contribution is 9.11. The van der Waals surface area contributed by atoms with E-state index in [4.69, 9.17) is 0 Å². The molecule has 0 aliphatic carbocycles. The first-order valence-electron chi connectivity index (χ1n) is 8.72. The van der Waals surface area contributed by atoms with Crippen molar-refractivity contribution in [1.29, 1.82) is 0 Å². The predicted molar refractivity (Wildman–Crippen MR) is 114 cm³/mol. The second kappa shape index (κ2) is 8.87. The van der Waals surface area contributed by atoms with E-state index in [9.17, 15) is 18.5 Å². The maximum Gasteiger partial charge on any atom is 0.293 e. The molecule has 1 aromatic heterocycles. The fourth-order valence-electron chi connectivity index (χ4n) is 2.96. The average molecular weight is 489 g/mol. The van der Waals surface area contributed by atoms with Gasteiger partial charge in [0.15, 0.2) is 0 Å². The molecule has 28 heavy (non-hydrogen) atoms. The van der Waals surface area contributed by atoms with Crippen molar-refractivity contribution in [3.8, 4) is 0 Å². The Hall–Kier alpha value is -1.53. The summed E-state index contributed by atoms with van der Waals surface area (Å²) >= 11 is 5.02. The zero-order valence-electron chi connectivity index (χ0n) is 15.3. The highest BCUT2D eigenvalue weighted by Crippen LogP contribution is 2.30. The van der Waals surface area contributed by atoms with Gasteiger partial charge in [0.2, 0.25) is 10.0 Å². The molecule has 0 spiro atoms. The Morgan fingerprint density at radius 2 is 1.93 bits per heavy atom. The molecular weight excluding hydrogens is 468 g/mol. The first kappa shape index (κ1) is 21.2. The van der Waals surface area contributed by atoms with Crippen molar-refractivity contribution < 1.29 is 13.3 Å². The van der Waals surface area contributed by atoms with Crippen molar-refractivity contribution in [1.82, 2.24) is 9.21 Å². The molecule has 0 saturated carbocycles. The summed E-state index contributed by atoms with van der Waals surface area (Å²) in [4.78, 5) is 14.1. The number of halogens is 1. The molecule has 0 bridgehead atoms. The van der Waals surface area contributed by atoms with Crippen LogP contribution in [-0.2, 0) is 16.4 Å². The number of nitrogens with zero attached hydrogens (tertiary/aromatic N) is 3. The zero-order valence-corrected chi connectivity index (χ0v) is 18.5. The van der Waals surface area contributed by atoms with Crippen LogP contribution in [0.5, 0.6) is 0 Å². The van der Waals surface area contributed by atoms with E-state index in [2.05, 4.69) is 21.2 Å². The van der Waals surface area contributed by atoms with Crippen LogP contribution in [0.25, 0.3) is 0 Å². The average Bonchev–Trinajstić information content (AvgIpc) is 3.07. The normalized spacial score (nSPS) is 16.2. The number of nitro groups is 1. The number of anilines is 1. The van der Waals surface area contributed by atoms with Crippen molar-refractivity contribution in [2.45, 2.75) is 11.3 Å². The topological polar surface area (TPSA) is 95.8 Å². The fourth-order valence-corrected chi connectivity index (χ4v) is 5.88. The zero-order chi connectivity index (χ0) is 20.3. The molecule has 3 rings (SSSR count). The van der Waals surface area contributed by atoms with Crippen molar-refractivity contribution in [2.24, 2.45) is 0 Å². The molecule has 1 N–H and O–H groups in total. The first-order chi connectivity index (χ1) is 13.3. The lowest BCUT2D eigenvalue weighted by atomic mass is 10.2. The summed E-state index contributed by atoms with van der Waals surface area (Å²) in [6.07, 6.45) is 0.717. The Morgan fingerprint density at radius 1 is 1.21 bits per heavy atom. The molecule has 2 heterocycles. The molecule has 1 aliphatic heterocycles. The highest BCUT2D eigenvalue weighted by Gasteiger charge is 2.29. The van der Waals surface area contributed by atoms with Crippen molar-refractivity contribution in [3.63, 3.8) is 0 Å². The van der Waals surface area contributed by atoms with Gasteiger partial charge in [0, 0.05) is 43.7 Å². The molecule has 2 aromatic rings. The van der Waals surface area contributed by atoms with Gasteiger partial charge in [-0.15, -0.1) is 11.3 Å². The Kier molecular flexibility index (Phi) is 6.71. The summed E-state index contributed by atoms with van der Waals surface area (Å²) in [5, 5.41) is 14.6. The number of thiophene rings is 1. The van der Waals surface area contributed by atoms with Crippen molar-refractivity contribution in [2.75, 3.05) is 45.1 Å². The largest absolute Gasteiger partial charge is 0.379 e. The van der Waals surface area contributed by atoms with E-state index in [0.717, 1.165) is 21.2 Å². The molecule has 1 aliphatic rings. The maximum atomic E-state index is 12.8. The van der Waals surface area contributed by atoms with E-state index < -0.39 is 14.9 Å². The molecule has 0 unspecified atom stereocenters. The minimum absolute atomic E-state index is 0.0449. The molecule has 11 heteroatoms. The number of benzene rings is 1. The smallest absolute Gasteiger partial charge is 0.293 e. The predicted octanol–water partition coefficient (Wildman–Crippen LogP) is 3.01. The number of sulfonamides is 1. The van der Waals surface area contributed by atoms with Crippen LogP contribution in [0.4, 0.5) is 11.4 Å². The lowest BCUT2D eigenvalue weighted by Crippen LogP contribution is -2.47. The summed E-state index contributed by atoms with van der Waals surface area (Å²) in [6, 6.07) is 8.02. The molecule has 0 amide bonds. The van der Waals surface area contributed by atoms with Crippen LogP contribution in [0.1, 0.15) is 4.88 Å². The van der Waals surface area contributed by atoms with Gasteiger partial charge in [-0.3, -0.25) is 10.1 Å². The number of hydrogen-bond donors (Lipinski definition) is 1. The quantitative estimate of drug-likeness (QED) is 0.475. The molecular formula is C17H21BrN4O4S2. The molecule has 1 aromatic carbocycles. The van der Waals surface area contributed by atoms with Crippen LogP contribution >= 0.6 is 27.3 Å². The van der Waals surface area contributed by atoms with E-state index >= 15 is 0 Å². The third-order valence-corrected chi connectivity index (χ3v) is 8.16. The van der Waals surface area contributed by atoms with E-state index in [-0.39, 0.29) is 10.6 Å². The van der Waals surface area contributed by atoms with E-state index in [1.165, 1.54) is 16.4 Å². The van der Waals surface area contributed by atoms with Crippen LogP contribution in [0.15, 0.2) is 39.0 Å². The Balaban J connectivity index is 1.75. The summed E-state index contributed by atoms with van der Waals surface area (Å²) in [5.74, 6) is 0. The second-order valence-corrected chi connectivity index (χ2v) is 11.0. The van der Waals surface area contributed by atoms with Gasteiger partial charge in [0.25, 0.3) is 5.69 Å². The molecule has 8 nitrogen and oxygen atoms in total. The number of nitrogens with one attached hydrogen (secondary N) is 1. The van der Waals surface area contributed by atoms with Gasteiger partial charge in [0.05, 0.1) is 13.6 Å². The van der Waals surface area contributed by atoms with Gasteiger partial charge in [-0.05, 0) is 53.7 Å². The monoisotopic (exact) mass is 488 g/mol. The Morgan fingerprint density at radius 3 is 2.54 bits per heavy atom. The van der Waals surface area contributed by atoms with Crippen LogP contribution < -0.4 is 5.32 Å². The van der Waals surface area contributed by atoms with Crippen LogP contribution in [0, 0.1) is 10.1 Å². The number of likely N-dealkylation sites (N-methyl/N-ethyl adjacent to an activating group) is 1. The number of hydrogen-bond acceptors (Lipinski definition) is 7. The number of rotatable bonds is 7. The number of piperazine rings is 1. The fraction of sp³-hybridized carbons (Fsp3) is 0.412. The van der Waals surface area contributed by atoms with Crippen LogP contribution in [-0.4, -0.2) is 62.3 Å². The minimum Gasteiger partial charge on any atom is -0.379 e. The summed E-state index contributed by atoms with van der Waals surface area (Å²) in [5.41, 5.74) is 0.0838. The van der Waals surface area contributed by atoms with Gasteiger partial charge in [0.1, 0.15) is 5.69 Å². The second-order valence-electron chi connectivity index (χ2n) is 6.53. The van der Waals surface area contributed by atoms with E-state index in [0.29, 0.717) is 38.4 Å². The minimum atomic E-state index is -3.75. The number of nitro benzene ring substituents is 1. The van der Waals surface area contributed by atoms with Gasteiger partial charge in [-0.25, -0.2) is 8.42 Å². The molecule has 0 atom stereocenters. The molecule has 152 valence electrons. The van der Waals surface area contributed by atoms with Gasteiger partial charge >= 0.3 is 0 Å². The van der Waals surface area contributed by atoms with E-state index in [1.807, 2.05) is 24.1 Å². The van der Waals surface area contributed by atoms with Crippen molar-refractivity contribution in [3.05, 3.63) is 49.1 Å². The maximum absolute atomic E-state index is 12.8. The lowest BCUT2D eigenvalue weighted by molar-refractivity contribution is -0.384. The lowest BCUT2D eigenvalue weighted by Gasteiger charge is -2.31. The first-order valence-corrected chi connectivity index (χ1v) is 11.8. The molecule has 1 saturated heterocycles. The third kappa shape index (κ3) is 4.90. The Labute approximate surface area is 176 Å². The molecule has 0 radical (unpaired) electrons. The van der Waals surface area contributed by atoms with E-state index in [1.54, 1.807) is 11.3 Å². The van der Waals surface area contributed by atoms with Crippen LogP contribution in [0.3, 0.4) is 0 Å². The third-order valence-electron chi connectivity index (χ3n) is 4.58. The van der Waals surface area contributed by atoms with Crippen molar-refractivity contribution >= 4 is 48.7 Å². The summed E-state index contributed by atoms with van der Waals surface area (Å²) in [6.45, 7) is 2.55. The molecule has 1 fully saturated rings.